The number of ketones is 1. The van der Waals surface area contributed by atoms with Gasteiger partial charge in [0, 0.05) is 24.2 Å². The number of carbonyl (C=O) groups excluding carboxylic acids is 1. The van der Waals surface area contributed by atoms with Crippen molar-refractivity contribution in [2.75, 3.05) is 5.75 Å². The maximum Gasteiger partial charge on any atom is 0.170 e. The minimum atomic E-state index is -0.319. The van der Waals surface area contributed by atoms with E-state index in [4.69, 9.17) is 0 Å². The monoisotopic (exact) mass is 310 g/mol. The maximum atomic E-state index is 12.7. The molecule has 106 valence electrons. The normalized spacial score (nSPS) is 10.7. The molecule has 0 bridgehead atoms. The van der Waals surface area contributed by atoms with E-state index in [1.54, 1.807) is 11.8 Å². The minimum Gasteiger partial charge on any atom is -0.294 e. The number of aromatic nitrogens is 2. The first-order valence-electron chi connectivity index (χ1n) is 6.43. The lowest BCUT2D eigenvalue weighted by Crippen LogP contribution is -1.99. The second-order valence-corrected chi connectivity index (χ2v) is 6.31. The standard InChI is InChI=1S/C14H15FN2OS2/c1-2-13-16-14(20-17-13)19-9-3-4-12(18)10-5-7-11(15)8-6-10/h5-8H,2-4,9H2,1H3. The van der Waals surface area contributed by atoms with E-state index >= 15 is 0 Å². The zero-order valence-corrected chi connectivity index (χ0v) is 12.8. The second-order valence-electron chi connectivity index (χ2n) is 4.21. The highest BCUT2D eigenvalue weighted by molar-refractivity contribution is 8.00. The van der Waals surface area contributed by atoms with E-state index in [9.17, 15) is 9.18 Å². The lowest BCUT2D eigenvalue weighted by atomic mass is 10.1. The summed E-state index contributed by atoms with van der Waals surface area (Å²) in [4.78, 5) is 16.2. The highest BCUT2D eigenvalue weighted by atomic mass is 32.2. The Morgan fingerprint density at radius 1 is 1.35 bits per heavy atom. The first kappa shape index (κ1) is 15.1. The van der Waals surface area contributed by atoms with Crippen LogP contribution in [0, 0.1) is 5.82 Å². The van der Waals surface area contributed by atoms with Crippen molar-refractivity contribution in [3.05, 3.63) is 41.5 Å². The third-order valence-electron chi connectivity index (χ3n) is 2.71. The van der Waals surface area contributed by atoms with Gasteiger partial charge in [0.1, 0.15) is 11.6 Å². The van der Waals surface area contributed by atoms with Crippen LogP contribution in [0.25, 0.3) is 0 Å². The fourth-order valence-electron chi connectivity index (χ4n) is 1.61. The molecular formula is C14H15FN2OS2. The van der Waals surface area contributed by atoms with Crippen molar-refractivity contribution in [2.24, 2.45) is 0 Å². The molecule has 0 saturated carbocycles. The van der Waals surface area contributed by atoms with E-state index in [0.29, 0.717) is 12.0 Å². The molecule has 0 aliphatic heterocycles. The summed E-state index contributed by atoms with van der Waals surface area (Å²) < 4.78 is 17.9. The number of hydrogen-bond acceptors (Lipinski definition) is 5. The van der Waals surface area contributed by atoms with Crippen molar-refractivity contribution >= 4 is 29.1 Å². The Bertz CT molecular complexity index is 569. The van der Waals surface area contributed by atoms with Gasteiger partial charge in [-0.3, -0.25) is 4.79 Å². The van der Waals surface area contributed by atoms with Crippen molar-refractivity contribution in [1.29, 1.82) is 0 Å². The van der Waals surface area contributed by atoms with Gasteiger partial charge in [-0.1, -0.05) is 18.7 Å². The highest BCUT2D eigenvalue weighted by Gasteiger charge is 2.07. The summed E-state index contributed by atoms with van der Waals surface area (Å²) in [6, 6.07) is 5.69. The minimum absolute atomic E-state index is 0.0529. The van der Waals surface area contributed by atoms with E-state index in [1.165, 1.54) is 35.8 Å². The van der Waals surface area contributed by atoms with Gasteiger partial charge in [0.2, 0.25) is 0 Å². The van der Waals surface area contributed by atoms with Crippen molar-refractivity contribution in [1.82, 2.24) is 9.36 Å². The molecule has 0 radical (unpaired) electrons. The molecular weight excluding hydrogens is 295 g/mol. The fraction of sp³-hybridized carbons (Fsp3) is 0.357. The predicted octanol–water partition coefficient (Wildman–Crippen LogP) is 3.99. The molecule has 0 N–H and O–H groups in total. The Morgan fingerprint density at radius 3 is 2.75 bits per heavy atom. The highest BCUT2D eigenvalue weighted by Crippen LogP contribution is 2.21. The van der Waals surface area contributed by atoms with Crippen LogP contribution in [0.4, 0.5) is 4.39 Å². The SMILES string of the molecule is CCc1nsc(SCCCC(=O)c2ccc(F)cc2)n1. The molecule has 20 heavy (non-hydrogen) atoms. The van der Waals surface area contributed by atoms with Crippen LogP contribution in [0.15, 0.2) is 28.6 Å². The molecule has 0 spiro atoms. The van der Waals surface area contributed by atoms with Gasteiger partial charge >= 0.3 is 0 Å². The summed E-state index contributed by atoms with van der Waals surface area (Å²) in [5.41, 5.74) is 0.570. The van der Waals surface area contributed by atoms with Crippen molar-refractivity contribution in [3.8, 4) is 0 Å². The van der Waals surface area contributed by atoms with Gasteiger partial charge in [-0.2, -0.15) is 4.37 Å². The van der Waals surface area contributed by atoms with Gasteiger partial charge < -0.3 is 0 Å². The van der Waals surface area contributed by atoms with Gasteiger partial charge in [-0.05, 0) is 42.2 Å². The summed E-state index contributed by atoms with van der Waals surface area (Å²) in [5, 5.41) is 0. The number of hydrogen-bond donors (Lipinski definition) is 0. The Labute approximate surface area is 125 Å². The molecule has 0 fully saturated rings. The average Bonchev–Trinajstić information content (AvgIpc) is 2.92. The Hall–Kier alpha value is -1.27. The van der Waals surface area contributed by atoms with Gasteiger partial charge in [0.05, 0.1) is 0 Å². The third-order valence-corrected chi connectivity index (χ3v) is 4.66. The maximum absolute atomic E-state index is 12.7. The van der Waals surface area contributed by atoms with Crippen LogP contribution >= 0.6 is 23.3 Å². The molecule has 6 heteroatoms. The quantitative estimate of drug-likeness (QED) is 0.440. The fourth-order valence-corrected chi connectivity index (χ4v) is 3.32. The molecule has 1 heterocycles. The molecule has 0 aliphatic carbocycles. The number of halogens is 1. The largest absolute Gasteiger partial charge is 0.294 e. The van der Waals surface area contributed by atoms with E-state index in [1.807, 2.05) is 6.92 Å². The molecule has 0 atom stereocenters. The van der Waals surface area contributed by atoms with Crippen LogP contribution in [-0.4, -0.2) is 20.9 Å². The first-order chi connectivity index (χ1) is 9.69. The molecule has 0 saturated heterocycles. The number of thioether (sulfide) groups is 1. The molecule has 1 aromatic heterocycles. The smallest absolute Gasteiger partial charge is 0.170 e. The molecule has 3 nitrogen and oxygen atoms in total. The summed E-state index contributed by atoms with van der Waals surface area (Å²) in [6.45, 7) is 2.03. The molecule has 2 aromatic rings. The number of benzene rings is 1. The Balaban J connectivity index is 1.72. The number of rotatable bonds is 7. The topological polar surface area (TPSA) is 42.9 Å². The zero-order chi connectivity index (χ0) is 14.4. The molecule has 2 rings (SSSR count). The van der Waals surface area contributed by atoms with Crippen LogP contribution in [0.3, 0.4) is 0 Å². The van der Waals surface area contributed by atoms with Crippen molar-refractivity contribution in [2.45, 2.75) is 30.5 Å². The Morgan fingerprint density at radius 2 is 2.10 bits per heavy atom. The summed E-state index contributed by atoms with van der Waals surface area (Å²) in [5.74, 6) is 1.45. The van der Waals surface area contributed by atoms with Crippen LogP contribution in [0.1, 0.15) is 35.9 Å². The van der Waals surface area contributed by atoms with Crippen molar-refractivity contribution < 1.29 is 9.18 Å². The van der Waals surface area contributed by atoms with Crippen LogP contribution in [-0.2, 0) is 6.42 Å². The average molecular weight is 310 g/mol. The zero-order valence-electron chi connectivity index (χ0n) is 11.1. The van der Waals surface area contributed by atoms with E-state index in [0.717, 1.165) is 28.8 Å². The van der Waals surface area contributed by atoms with Crippen LogP contribution in [0.2, 0.25) is 0 Å². The first-order valence-corrected chi connectivity index (χ1v) is 8.19. The van der Waals surface area contributed by atoms with E-state index in [-0.39, 0.29) is 11.6 Å². The van der Waals surface area contributed by atoms with Crippen LogP contribution in [0.5, 0.6) is 0 Å². The molecule has 0 aliphatic rings. The van der Waals surface area contributed by atoms with E-state index in [2.05, 4.69) is 9.36 Å². The molecule has 0 amide bonds. The number of aryl methyl sites for hydroxylation is 1. The summed E-state index contributed by atoms with van der Waals surface area (Å²) in [6.07, 6.45) is 2.10. The Kier molecular flexibility index (Phi) is 5.67. The van der Waals surface area contributed by atoms with Crippen molar-refractivity contribution in [3.63, 3.8) is 0 Å². The summed E-state index contributed by atoms with van der Waals surface area (Å²) >= 11 is 3.04. The van der Waals surface area contributed by atoms with Crippen LogP contribution < -0.4 is 0 Å². The van der Waals surface area contributed by atoms with Gasteiger partial charge in [-0.15, -0.1) is 0 Å². The lowest BCUT2D eigenvalue weighted by molar-refractivity contribution is 0.0982. The van der Waals surface area contributed by atoms with Gasteiger partial charge in [-0.25, -0.2) is 9.37 Å². The molecule has 0 unspecified atom stereocenters. The van der Waals surface area contributed by atoms with Gasteiger partial charge in [0.25, 0.3) is 0 Å². The third kappa shape index (κ3) is 4.38. The number of nitrogens with zero attached hydrogens (tertiary/aromatic N) is 2. The second kappa shape index (κ2) is 7.50. The van der Waals surface area contributed by atoms with E-state index < -0.39 is 0 Å². The van der Waals surface area contributed by atoms with Gasteiger partial charge in [0.15, 0.2) is 10.1 Å². The lowest BCUT2D eigenvalue weighted by Gasteiger charge is -2.00. The predicted molar refractivity (Wildman–Crippen MR) is 80.0 cm³/mol. The number of carbonyl (C=O) groups is 1. The summed E-state index contributed by atoms with van der Waals surface area (Å²) in [7, 11) is 0. The number of Topliss-reactive ketones (excluding diaryl/α,β-unsaturated/α-hetero) is 1. The molecule has 1 aromatic carbocycles.